The number of hydrogen-bond donors (Lipinski definition) is 1. The zero-order chi connectivity index (χ0) is 19.3. The second-order valence-electron chi connectivity index (χ2n) is 8.79. The number of hydrogen-bond acceptors (Lipinski definition) is 3. The van der Waals surface area contributed by atoms with Crippen LogP contribution in [0.5, 0.6) is 0 Å². The Labute approximate surface area is 168 Å². The van der Waals surface area contributed by atoms with Crippen LogP contribution >= 0.6 is 0 Å². The summed E-state index contributed by atoms with van der Waals surface area (Å²) in [5.74, 6) is 1.28. The molecule has 4 rings (SSSR count). The van der Waals surface area contributed by atoms with E-state index < -0.39 is 0 Å². The minimum Gasteiger partial charge on any atom is -0.330 e. The normalized spacial score (nSPS) is 23.4. The number of Topliss-reactive ketones (excluding diaryl/α,β-unsaturated/α-hetero) is 1. The maximum absolute atomic E-state index is 12.7. The molecule has 1 saturated heterocycles. The number of benzene rings is 1. The molecule has 1 aliphatic carbocycles. The van der Waals surface area contributed by atoms with Gasteiger partial charge in [0.05, 0.1) is 6.04 Å². The van der Waals surface area contributed by atoms with E-state index in [2.05, 4.69) is 17.4 Å². The quantitative estimate of drug-likeness (QED) is 0.728. The molecule has 1 N–H and O–H groups in total. The molecule has 1 aromatic rings. The number of ketones is 1. The molecule has 150 valence electrons. The predicted molar refractivity (Wildman–Crippen MR) is 111 cm³/mol. The highest BCUT2D eigenvalue weighted by atomic mass is 16.2. The predicted octanol–water partition coefficient (Wildman–Crippen LogP) is 3.99. The number of rotatable bonds is 7. The molecule has 2 fully saturated rings. The number of nitrogens with zero attached hydrogens (tertiary/aromatic N) is 1. The largest absolute Gasteiger partial charge is 0.330 e. The van der Waals surface area contributed by atoms with E-state index in [0.29, 0.717) is 31.2 Å². The van der Waals surface area contributed by atoms with E-state index >= 15 is 0 Å². The second-order valence-corrected chi connectivity index (χ2v) is 8.79. The third-order valence-electron chi connectivity index (χ3n) is 6.70. The lowest BCUT2D eigenvalue weighted by Gasteiger charge is -2.29. The summed E-state index contributed by atoms with van der Waals surface area (Å²) >= 11 is 0. The summed E-state index contributed by atoms with van der Waals surface area (Å²) in [6.45, 7) is 2.34. The zero-order valence-electron chi connectivity index (χ0n) is 16.7. The summed E-state index contributed by atoms with van der Waals surface area (Å²) in [4.78, 5) is 27.2. The maximum atomic E-state index is 12.7. The lowest BCUT2D eigenvalue weighted by molar-refractivity contribution is -0.127. The van der Waals surface area contributed by atoms with Gasteiger partial charge < -0.3 is 10.2 Å². The van der Waals surface area contributed by atoms with Gasteiger partial charge in [-0.3, -0.25) is 9.59 Å². The van der Waals surface area contributed by atoms with E-state index in [1.165, 1.54) is 43.2 Å². The molecular weight excluding hydrogens is 348 g/mol. The van der Waals surface area contributed by atoms with Gasteiger partial charge in [0.25, 0.3) is 0 Å². The summed E-state index contributed by atoms with van der Waals surface area (Å²) < 4.78 is 0. The minimum absolute atomic E-state index is 0.0473. The highest BCUT2D eigenvalue weighted by Crippen LogP contribution is 2.31. The summed E-state index contributed by atoms with van der Waals surface area (Å²) in [7, 11) is 0. The Bertz CT molecular complexity index is 707. The Balaban J connectivity index is 1.37. The molecule has 4 heteroatoms. The van der Waals surface area contributed by atoms with Crippen LogP contribution in [0.15, 0.2) is 36.4 Å². The van der Waals surface area contributed by atoms with Crippen LogP contribution in [0.4, 0.5) is 0 Å². The molecule has 0 spiro atoms. The zero-order valence-corrected chi connectivity index (χ0v) is 16.7. The molecule has 0 radical (unpaired) electrons. The first-order valence-corrected chi connectivity index (χ1v) is 11.0. The molecular formula is C24H32N2O2. The van der Waals surface area contributed by atoms with Crippen LogP contribution in [0.2, 0.25) is 0 Å². The van der Waals surface area contributed by atoms with E-state index in [4.69, 9.17) is 0 Å². The van der Waals surface area contributed by atoms with Gasteiger partial charge in [-0.05, 0) is 48.4 Å². The smallest absolute Gasteiger partial charge is 0.246 e. The fourth-order valence-electron chi connectivity index (χ4n) is 4.86. The number of carbonyl (C=O) groups excluding carboxylic acids is 2. The molecule has 2 aliphatic heterocycles. The lowest BCUT2D eigenvalue weighted by Crippen LogP contribution is -2.48. The summed E-state index contributed by atoms with van der Waals surface area (Å²) in [6, 6.07) is 8.31. The molecule has 0 bridgehead atoms. The highest BCUT2D eigenvalue weighted by Gasteiger charge is 2.28. The number of fused-ring (bicyclic) bond motifs is 1. The fraction of sp³-hybridized carbons (Fsp3) is 0.583. The first-order valence-electron chi connectivity index (χ1n) is 11.0. The van der Waals surface area contributed by atoms with Crippen LogP contribution in [0.3, 0.4) is 0 Å². The summed E-state index contributed by atoms with van der Waals surface area (Å²) in [5.41, 5.74) is 2.49. The van der Waals surface area contributed by atoms with Gasteiger partial charge >= 0.3 is 0 Å². The third kappa shape index (κ3) is 4.72. The van der Waals surface area contributed by atoms with Gasteiger partial charge in [0.1, 0.15) is 5.78 Å². The average Bonchev–Trinajstić information content (AvgIpc) is 3.09. The SMILES string of the molecule is O=C(C[C@H](/C=C/C(=O)N1Cc2ccccc2C1)CC1CCCCC1)[C@@H]1CCN1. The minimum atomic E-state index is 0.0473. The van der Waals surface area contributed by atoms with Crippen LogP contribution in [0.1, 0.15) is 62.5 Å². The first-order chi connectivity index (χ1) is 13.7. The number of nitrogens with one attached hydrogen (secondary N) is 1. The molecule has 2 heterocycles. The van der Waals surface area contributed by atoms with E-state index in [9.17, 15) is 9.59 Å². The Hall–Kier alpha value is -1.94. The monoisotopic (exact) mass is 380 g/mol. The number of carbonyl (C=O) groups is 2. The van der Waals surface area contributed by atoms with Gasteiger partial charge in [0.2, 0.25) is 5.91 Å². The van der Waals surface area contributed by atoms with Crippen molar-refractivity contribution in [1.82, 2.24) is 10.2 Å². The molecule has 2 atom stereocenters. The van der Waals surface area contributed by atoms with Gasteiger partial charge in [0.15, 0.2) is 0 Å². The second kappa shape index (κ2) is 9.04. The number of allylic oxidation sites excluding steroid dienone is 1. The van der Waals surface area contributed by atoms with Crippen LogP contribution in [0.25, 0.3) is 0 Å². The van der Waals surface area contributed by atoms with Crippen molar-refractivity contribution in [2.24, 2.45) is 11.8 Å². The first kappa shape index (κ1) is 19.4. The fourth-order valence-corrected chi connectivity index (χ4v) is 4.86. The van der Waals surface area contributed by atoms with Crippen LogP contribution in [-0.4, -0.2) is 29.2 Å². The van der Waals surface area contributed by atoms with Gasteiger partial charge in [0, 0.05) is 19.5 Å². The molecule has 28 heavy (non-hydrogen) atoms. The van der Waals surface area contributed by atoms with E-state index in [1.807, 2.05) is 23.1 Å². The number of amides is 1. The third-order valence-corrected chi connectivity index (χ3v) is 6.70. The molecule has 0 aromatic heterocycles. The topological polar surface area (TPSA) is 49.4 Å². The Kier molecular flexibility index (Phi) is 6.26. The molecule has 0 unspecified atom stereocenters. The van der Waals surface area contributed by atoms with E-state index in [0.717, 1.165) is 19.4 Å². The maximum Gasteiger partial charge on any atom is 0.246 e. The van der Waals surface area contributed by atoms with Crippen molar-refractivity contribution in [1.29, 1.82) is 0 Å². The summed E-state index contributed by atoms with van der Waals surface area (Å²) in [5, 5.41) is 3.23. The average molecular weight is 381 g/mol. The highest BCUT2D eigenvalue weighted by molar-refractivity contribution is 5.88. The van der Waals surface area contributed by atoms with Gasteiger partial charge in [-0.15, -0.1) is 0 Å². The molecule has 3 aliphatic rings. The van der Waals surface area contributed by atoms with Crippen molar-refractivity contribution in [3.8, 4) is 0 Å². The van der Waals surface area contributed by atoms with Crippen LogP contribution in [-0.2, 0) is 22.7 Å². The van der Waals surface area contributed by atoms with Crippen molar-refractivity contribution in [3.05, 3.63) is 47.5 Å². The van der Waals surface area contributed by atoms with Crippen LogP contribution in [0, 0.1) is 11.8 Å². The van der Waals surface area contributed by atoms with E-state index in [-0.39, 0.29) is 17.9 Å². The van der Waals surface area contributed by atoms with Crippen molar-refractivity contribution in [2.75, 3.05) is 6.54 Å². The van der Waals surface area contributed by atoms with Crippen LogP contribution < -0.4 is 5.32 Å². The van der Waals surface area contributed by atoms with Crippen molar-refractivity contribution in [3.63, 3.8) is 0 Å². The molecule has 1 saturated carbocycles. The Morgan fingerprint density at radius 1 is 1.07 bits per heavy atom. The Morgan fingerprint density at radius 2 is 1.75 bits per heavy atom. The Morgan fingerprint density at radius 3 is 2.36 bits per heavy atom. The van der Waals surface area contributed by atoms with Crippen molar-refractivity contribution >= 4 is 11.7 Å². The molecule has 1 amide bonds. The van der Waals surface area contributed by atoms with E-state index in [1.54, 1.807) is 6.08 Å². The van der Waals surface area contributed by atoms with Crippen molar-refractivity contribution < 1.29 is 9.59 Å². The molecule has 4 nitrogen and oxygen atoms in total. The van der Waals surface area contributed by atoms with Gasteiger partial charge in [-0.2, -0.15) is 0 Å². The standard InChI is InChI=1S/C24H32N2O2/c27-23(22-12-13-25-22)15-19(14-18-6-2-1-3-7-18)10-11-24(28)26-16-20-8-4-5-9-21(20)17-26/h4-5,8-11,18-19,22,25H,1-3,6-7,12-17H2/b11-10+/t19-,22+/m1/s1. The summed E-state index contributed by atoms with van der Waals surface area (Å²) in [6.07, 6.45) is 12.9. The lowest BCUT2D eigenvalue weighted by atomic mass is 9.80. The van der Waals surface area contributed by atoms with Crippen molar-refractivity contribution in [2.45, 2.75) is 70.5 Å². The molecule has 1 aromatic carbocycles. The van der Waals surface area contributed by atoms with Gasteiger partial charge in [-0.25, -0.2) is 0 Å². The van der Waals surface area contributed by atoms with Gasteiger partial charge in [-0.1, -0.05) is 62.4 Å².